The smallest absolute Gasteiger partial charge is 0.311 e. The van der Waals surface area contributed by atoms with Crippen LogP contribution in [0.25, 0.3) is 0 Å². The summed E-state index contributed by atoms with van der Waals surface area (Å²) in [6, 6.07) is 10.1. The fourth-order valence-electron chi connectivity index (χ4n) is 2.31. The summed E-state index contributed by atoms with van der Waals surface area (Å²) in [5.74, 6) is 0.377. The van der Waals surface area contributed by atoms with Crippen LogP contribution in [0.2, 0.25) is 0 Å². The first-order chi connectivity index (χ1) is 12.4. The lowest BCUT2D eigenvalue weighted by Crippen LogP contribution is -2.25. The van der Waals surface area contributed by atoms with Gasteiger partial charge in [-0.05, 0) is 37.1 Å². The molecule has 0 aliphatic carbocycles. The third-order valence-corrected chi connectivity index (χ3v) is 3.56. The molecule has 2 aromatic rings. The molecule has 0 aliphatic heterocycles. The van der Waals surface area contributed by atoms with Crippen LogP contribution in [0.1, 0.15) is 16.7 Å². The van der Waals surface area contributed by atoms with Crippen molar-refractivity contribution >= 4 is 17.8 Å². The standard InChI is InChI=1S/C18H19N3O5/c1-12-5-4-6-13(2)18(12)26-11-17(22)20-19-10-14-7-8-16(25-3)15(9-14)21(23)24/h4-10H,11H2,1-3H3,(H,20,22)/b19-10-. The lowest BCUT2D eigenvalue weighted by atomic mass is 10.1. The van der Waals surface area contributed by atoms with E-state index in [1.54, 1.807) is 6.07 Å². The summed E-state index contributed by atoms with van der Waals surface area (Å²) in [4.78, 5) is 22.3. The number of methoxy groups -OCH3 is 1. The molecule has 0 radical (unpaired) electrons. The van der Waals surface area contributed by atoms with Crippen LogP contribution in [0.4, 0.5) is 5.69 Å². The molecule has 0 aromatic heterocycles. The molecule has 1 N–H and O–H groups in total. The number of amides is 1. The van der Waals surface area contributed by atoms with Gasteiger partial charge in [-0.25, -0.2) is 5.43 Å². The average Bonchev–Trinajstić information content (AvgIpc) is 2.61. The van der Waals surface area contributed by atoms with Gasteiger partial charge in [0.1, 0.15) is 5.75 Å². The van der Waals surface area contributed by atoms with E-state index in [1.807, 2.05) is 32.0 Å². The van der Waals surface area contributed by atoms with E-state index in [4.69, 9.17) is 9.47 Å². The zero-order chi connectivity index (χ0) is 19.1. The number of rotatable bonds is 7. The number of nitrogens with one attached hydrogen (secondary N) is 1. The topological polar surface area (TPSA) is 103 Å². The summed E-state index contributed by atoms with van der Waals surface area (Å²) in [6.45, 7) is 3.61. The molecular formula is C18H19N3O5. The fourth-order valence-corrected chi connectivity index (χ4v) is 2.31. The largest absolute Gasteiger partial charge is 0.490 e. The monoisotopic (exact) mass is 357 g/mol. The van der Waals surface area contributed by atoms with E-state index in [2.05, 4.69) is 10.5 Å². The molecule has 2 rings (SSSR count). The molecule has 26 heavy (non-hydrogen) atoms. The van der Waals surface area contributed by atoms with Gasteiger partial charge in [-0.1, -0.05) is 18.2 Å². The molecule has 8 heteroatoms. The van der Waals surface area contributed by atoms with E-state index >= 15 is 0 Å². The van der Waals surface area contributed by atoms with Crippen molar-refractivity contribution in [1.29, 1.82) is 0 Å². The summed E-state index contributed by atoms with van der Waals surface area (Å²) in [5.41, 5.74) is 4.47. The van der Waals surface area contributed by atoms with Crippen molar-refractivity contribution in [3.63, 3.8) is 0 Å². The second-order valence-electron chi connectivity index (χ2n) is 5.49. The van der Waals surface area contributed by atoms with Crippen LogP contribution in [0.15, 0.2) is 41.5 Å². The molecule has 0 saturated heterocycles. The quantitative estimate of drug-likeness (QED) is 0.466. The van der Waals surface area contributed by atoms with Crippen LogP contribution < -0.4 is 14.9 Å². The molecule has 0 saturated carbocycles. The van der Waals surface area contributed by atoms with Gasteiger partial charge in [0.15, 0.2) is 12.4 Å². The summed E-state index contributed by atoms with van der Waals surface area (Å²) in [5, 5.41) is 14.8. The molecule has 0 fully saturated rings. The number of hydrazone groups is 1. The Hall–Kier alpha value is -3.42. The Kier molecular flexibility index (Phi) is 6.26. The van der Waals surface area contributed by atoms with Gasteiger partial charge in [-0.15, -0.1) is 0 Å². The van der Waals surface area contributed by atoms with E-state index in [0.29, 0.717) is 11.3 Å². The summed E-state index contributed by atoms with van der Waals surface area (Å²) < 4.78 is 10.4. The van der Waals surface area contributed by atoms with Crippen LogP contribution in [0.3, 0.4) is 0 Å². The van der Waals surface area contributed by atoms with Crippen LogP contribution in [0.5, 0.6) is 11.5 Å². The highest BCUT2D eigenvalue weighted by atomic mass is 16.6. The average molecular weight is 357 g/mol. The highest BCUT2D eigenvalue weighted by Crippen LogP contribution is 2.26. The third kappa shape index (κ3) is 4.79. The Bertz CT molecular complexity index is 828. The number of para-hydroxylation sites is 1. The molecule has 0 heterocycles. The van der Waals surface area contributed by atoms with Crippen molar-refractivity contribution in [1.82, 2.24) is 5.43 Å². The zero-order valence-corrected chi connectivity index (χ0v) is 14.7. The first-order valence-electron chi connectivity index (χ1n) is 7.75. The van der Waals surface area contributed by atoms with E-state index in [-0.39, 0.29) is 18.0 Å². The van der Waals surface area contributed by atoms with Crippen molar-refractivity contribution in [2.45, 2.75) is 13.8 Å². The van der Waals surface area contributed by atoms with E-state index in [9.17, 15) is 14.9 Å². The van der Waals surface area contributed by atoms with Crippen LogP contribution in [-0.2, 0) is 4.79 Å². The number of carbonyl (C=O) groups excluding carboxylic acids is 1. The van der Waals surface area contributed by atoms with Gasteiger partial charge in [-0.2, -0.15) is 5.10 Å². The predicted molar refractivity (Wildman–Crippen MR) is 96.8 cm³/mol. The molecule has 1 amide bonds. The molecule has 0 aliphatic rings. The number of aryl methyl sites for hydroxylation is 2. The minimum absolute atomic E-state index is 0.151. The molecule has 0 spiro atoms. The number of hydrogen-bond donors (Lipinski definition) is 1. The minimum Gasteiger partial charge on any atom is -0.490 e. The van der Waals surface area contributed by atoms with Gasteiger partial charge in [0.05, 0.1) is 18.2 Å². The fraction of sp³-hybridized carbons (Fsp3) is 0.222. The molecule has 0 atom stereocenters. The molecule has 8 nitrogen and oxygen atoms in total. The first-order valence-corrected chi connectivity index (χ1v) is 7.75. The molecule has 0 bridgehead atoms. The van der Waals surface area contributed by atoms with Crippen LogP contribution in [0, 0.1) is 24.0 Å². The van der Waals surface area contributed by atoms with E-state index < -0.39 is 10.8 Å². The molecule has 0 unspecified atom stereocenters. The molecular weight excluding hydrogens is 338 g/mol. The van der Waals surface area contributed by atoms with Gasteiger partial charge < -0.3 is 9.47 Å². The maximum Gasteiger partial charge on any atom is 0.311 e. The van der Waals surface area contributed by atoms with Crippen LogP contribution >= 0.6 is 0 Å². The lowest BCUT2D eigenvalue weighted by molar-refractivity contribution is -0.385. The summed E-state index contributed by atoms with van der Waals surface area (Å²) in [7, 11) is 1.35. The number of hydrogen-bond acceptors (Lipinski definition) is 6. The number of nitrogens with zero attached hydrogens (tertiary/aromatic N) is 2. The third-order valence-electron chi connectivity index (χ3n) is 3.56. The Balaban J connectivity index is 1.95. The van der Waals surface area contributed by atoms with Gasteiger partial charge in [-0.3, -0.25) is 14.9 Å². The van der Waals surface area contributed by atoms with Crippen molar-refractivity contribution in [3.8, 4) is 11.5 Å². The second-order valence-corrected chi connectivity index (χ2v) is 5.49. The van der Waals surface area contributed by atoms with Crippen molar-refractivity contribution in [2.75, 3.05) is 13.7 Å². The number of nitro benzene ring substituents is 1. The Morgan fingerprint density at radius 3 is 2.58 bits per heavy atom. The van der Waals surface area contributed by atoms with Gasteiger partial charge in [0.25, 0.3) is 5.91 Å². The normalized spacial score (nSPS) is 10.6. The number of ether oxygens (including phenoxy) is 2. The minimum atomic E-state index is -0.548. The second kappa shape index (κ2) is 8.61. The maximum absolute atomic E-state index is 11.8. The molecule has 2 aromatic carbocycles. The first kappa shape index (κ1) is 18.9. The van der Waals surface area contributed by atoms with Crippen molar-refractivity contribution < 1.29 is 19.2 Å². The van der Waals surface area contributed by atoms with Gasteiger partial charge in [0.2, 0.25) is 0 Å². The predicted octanol–water partition coefficient (Wildman–Crippen LogP) is 2.75. The number of nitro groups is 1. The van der Waals surface area contributed by atoms with E-state index in [1.165, 1.54) is 25.5 Å². The van der Waals surface area contributed by atoms with Crippen molar-refractivity contribution in [2.24, 2.45) is 5.10 Å². The summed E-state index contributed by atoms with van der Waals surface area (Å²) >= 11 is 0. The van der Waals surface area contributed by atoms with Gasteiger partial charge in [0, 0.05) is 11.6 Å². The SMILES string of the molecule is COc1ccc(/C=N\NC(=O)COc2c(C)cccc2C)cc1[N+](=O)[O-]. The maximum atomic E-state index is 11.8. The number of carbonyl (C=O) groups is 1. The Morgan fingerprint density at radius 1 is 1.27 bits per heavy atom. The number of benzene rings is 2. The Morgan fingerprint density at radius 2 is 1.96 bits per heavy atom. The molecule has 136 valence electrons. The van der Waals surface area contributed by atoms with E-state index in [0.717, 1.165) is 11.1 Å². The van der Waals surface area contributed by atoms with Crippen molar-refractivity contribution in [3.05, 3.63) is 63.2 Å². The zero-order valence-electron chi connectivity index (χ0n) is 14.7. The lowest BCUT2D eigenvalue weighted by Gasteiger charge is -2.10. The summed E-state index contributed by atoms with van der Waals surface area (Å²) in [6.07, 6.45) is 1.31. The van der Waals surface area contributed by atoms with Crippen LogP contribution in [-0.4, -0.2) is 30.8 Å². The Labute approximate surface area is 150 Å². The van der Waals surface area contributed by atoms with Gasteiger partial charge >= 0.3 is 5.69 Å². The highest BCUT2D eigenvalue weighted by Gasteiger charge is 2.14. The highest BCUT2D eigenvalue weighted by molar-refractivity contribution is 5.84.